The number of anilines is 1. The summed E-state index contributed by atoms with van der Waals surface area (Å²) >= 11 is 0. The number of hydrogen-bond acceptors (Lipinski definition) is 3. The van der Waals surface area contributed by atoms with Crippen molar-refractivity contribution in [1.29, 1.82) is 0 Å². The van der Waals surface area contributed by atoms with Gasteiger partial charge in [0.05, 0.1) is 12.2 Å². The molecule has 2 rings (SSSR count). The third kappa shape index (κ3) is 4.04. The number of nitrogens with zero attached hydrogens (tertiary/aromatic N) is 1. The van der Waals surface area contributed by atoms with Gasteiger partial charge in [-0.1, -0.05) is 17.7 Å². The number of benzene rings is 1. The second-order valence-corrected chi connectivity index (χ2v) is 7.75. The van der Waals surface area contributed by atoms with Crippen LogP contribution in [0, 0.1) is 19.8 Å². The number of carbonyl (C=O) groups is 1. The standard InChI is InChI=1S/C15H22N2O3S/c1-11-6-7-14(12(2)9-11)16-15(18)13-5-4-8-17(10-13)21(3,19)20/h6-7,9,13H,4-5,8,10H2,1-3H3,(H,16,18)/t13-/m1/s1. The highest BCUT2D eigenvalue weighted by Gasteiger charge is 2.30. The second-order valence-electron chi connectivity index (χ2n) is 5.77. The van der Waals surface area contributed by atoms with Crippen molar-refractivity contribution in [2.24, 2.45) is 5.92 Å². The van der Waals surface area contributed by atoms with Gasteiger partial charge in [-0.3, -0.25) is 4.79 Å². The van der Waals surface area contributed by atoms with Crippen LogP contribution in [0.1, 0.15) is 24.0 Å². The summed E-state index contributed by atoms with van der Waals surface area (Å²) in [5, 5.41) is 2.92. The van der Waals surface area contributed by atoms with Gasteiger partial charge in [0.1, 0.15) is 0 Å². The molecule has 0 bridgehead atoms. The number of aryl methyl sites for hydroxylation is 2. The molecule has 21 heavy (non-hydrogen) atoms. The van der Waals surface area contributed by atoms with Gasteiger partial charge in [0.2, 0.25) is 15.9 Å². The third-order valence-corrected chi connectivity index (χ3v) is 5.13. The number of hydrogen-bond donors (Lipinski definition) is 1. The minimum Gasteiger partial charge on any atom is -0.326 e. The van der Waals surface area contributed by atoms with E-state index in [2.05, 4.69) is 5.32 Å². The minimum atomic E-state index is -3.23. The van der Waals surface area contributed by atoms with Crippen LogP contribution in [-0.4, -0.2) is 38.0 Å². The first-order valence-electron chi connectivity index (χ1n) is 7.10. The molecule has 1 fully saturated rings. The topological polar surface area (TPSA) is 66.5 Å². The minimum absolute atomic E-state index is 0.102. The van der Waals surface area contributed by atoms with Crippen LogP contribution in [0.2, 0.25) is 0 Å². The van der Waals surface area contributed by atoms with Crippen LogP contribution in [0.3, 0.4) is 0 Å². The molecule has 0 unspecified atom stereocenters. The molecule has 0 aromatic heterocycles. The number of piperidine rings is 1. The van der Waals surface area contributed by atoms with Gasteiger partial charge < -0.3 is 5.32 Å². The van der Waals surface area contributed by atoms with Gasteiger partial charge in [0.25, 0.3) is 0 Å². The van der Waals surface area contributed by atoms with Crippen molar-refractivity contribution in [2.45, 2.75) is 26.7 Å². The molecular weight excluding hydrogens is 288 g/mol. The highest BCUT2D eigenvalue weighted by molar-refractivity contribution is 7.88. The molecule has 1 aliphatic heterocycles. The summed E-state index contributed by atoms with van der Waals surface area (Å²) in [6, 6.07) is 5.85. The lowest BCUT2D eigenvalue weighted by atomic mass is 9.98. The number of nitrogens with one attached hydrogen (secondary N) is 1. The van der Waals surface area contributed by atoms with Crippen molar-refractivity contribution < 1.29 is 13.2 Å². The van der Waals surface area contributed by atoms with E-state index in [-0.39, 0.29) is 18.4 Å². The molecule has 0 spiro atoms. The van der Waals surface area contributed by atoms with E-state index in [9.17, 15) is 13.2 Å². The predicted molar refractivity (Wildman–Crippen MR) is 83.7 cm³/mol. The zero-order valence-electron chi connectivity index (χ0n) is 12.7. The van der Waals surface area contributed by atoms with Gasteiger partial charge in [-0.2, -0.15) is 0 Å². The molecule has 6 heteroatoms. The number of sulfonamides is 1. The molecule has 0 saturated carbocycles. The van der Waals surface area contributed by atoms with E-state index in [1.165, 1.54) is 10.6 Å². The molecule has 1 N–H and O–H groups in total. The Balaban J connectivity index is 2.06. The average Bonchev–Trinajstić information content (AvgIpc) is 2.41. The summed E-state index contributed by atoms with van der Waals surface area (Å²) in [5.74, 6) is -0.385. The molecule has 1 heterocycles. The maximum absolute atomic E-state index is 12.3. The van der Waals surface area contributed by atoms with Gasteiger partial charge in [-0.25, -0.2) is 12.7 Å². The fourth-order valence-corrected chi connectivity index (χ4v) is 3.56. The second kappa shape index (κ2) is 6.15. The summed E-state index contributed by atoms with van der Waals surface area (Å²) in [5.41, 5.74) is 2.95. The Bertz CT molecular complexity index is 640. The largest absolute Gasteiger partial charge is 0.326 e. The normalized spacial score (nSPS) is 20.2. The Kier molecular flexibility index (Phi) is 4.68. The van der Waals surface area contributed by atoms with E-state index in [1.807, 2.05) is 32.0 Å². The van der Waals surface area contributed by atoms with Crippen molar-refractivity contribution >= 4 is 21.6 Å². The average molecular weight is 310 g/mol. The summed E-state index contributed by atoms with van der Waals surface area (Å²) in [7, 11) is -3.23. The Hall–Kier alpha value is -1.40. The maximum Gasteiger partial charge on any atom is 0.228 e. The Morgan fingerprint density at radius 3 is 2.67 bits per heavy atom. The van der Waals surface area contributed by atoms with E-state index >= 15 is 0 Å². The number of carbonyl (C=O) groups excluding carboxylic acids is 1. The van der Waals surface area contributed by atoms with Crippen LogP contribution < -0.4 is 5.32 Å². The molecular formula is C15H22N2O3S. The van der Waals surface area contributed by atoms with Crippen molar-refractivity contribution in [2.75, 3.05) is 24.7 Å². The molecule has 1 aromatic rings. The number of amides is 1. The zero-order chi connectivity index (χ0) is 15.6. The van der Waals surface area contributed by atoms with Crippen molar-refractivity contribution in [3.05, 3.63) is 29.3 Å². The lowest BCUT2D eigenvalue weighted by Gasteiger charge is -2.30. The van der Waals surface area contributed by atoms with Crippen molar-refractivity contribution in [1.82, 2.24) is 4.31 Å². The van der Waals surface area contributed by atoms with Crippen molar-refractivity contribution in [3.8, 4) is 0 Å². The van der Waals surface area contributed by atoms with Crippen LogP contribution >= 0.6 is 0 Å². The van der Waals surface area contributed by atoms with E-state index in [1.54, 1.807) is 0 Å². The highest BCUT2D eigenvalue weighted by Crippen LogP contribution is 2.22. The SMILES string of the molecule is Cc1ccc(NC(=O)[C@@H]2CCCN(S(C)(=O)=O)C2)c(C)c1. The molecule has 0 aliphatic carbocycles. The number of rotatable bonds is 3. The van der Waals surface area contributed by atoms with E-state index in [0.717, 1.165) is 29.7 Å². The van der Waals surface area contributed by atoms with Gasteiger partial charge in [-0.15, -0.1) is 0 Å². The Morgan fingerprint density at radius 2 is 2.05 bits per heavy atom. The van der Waals surface area contributed by atoms with Gasteiger partial charge >= 0.3 is 0 Å². The van der Waals surface area contributed by atoms with Crippen LogP contribution in [0.25, 0.3) is 0 Å². The van der Waals surface area contributed by atoms with Crippen LogP contribution in [0.15, 0.2) is 18.2 Å². The first kappa shape index (κ1) is 16.0. The van der Waals surface area contributed by atoms with Gasteiger partial charge in [0.15, 0.2) is 0 Å². The van der Waals surface area contributed by atoms with Crippen molar-refractivity contribution in [3.63, 3.8) is 0 Å². The molecule has 0 radical (unpaired) electrons. The van der Waals surface area contributed by atoms with Crippen LogP contribution in [0.4, 0.5) is 5.69 Å². The van der Waals surface area contributed by atoms with Crippen LogP contribution in [0.5, 0.6) is 0 Å². The molecule has 1 aromatic carbocycles. The summed E-state index contributed by atoms with van der Waals surface area (Å²) in [6.07, 6.45) is 2.64. The smallest absolute Gasteiger partial charge is 0.228 e. The third-order valence-electron chi connectivity index (χ3n) is 3.86. The first-order chi connectivity index (χ1) is 9.77. The predicted octanol–water partition coefficient (Wildman–Crippen LogP) is 1.91. The summed E-state index contributed by atoms with van der Waals surface area (Å²) < 4.78 is 24.6. The monoisotopic (exact) mass is 310 g/mol. The fraction of sp³-hybridized carbons (Fsp3) is 0.533. The quantitative estimate of drug-likeness (QED) is 0.927. The zero-order valence-corrected chi connectivity index (χ0v) is 13.5. The fourth-order valence-electron chi connectivity index (χ4n) is 2.65. The van der Waals surface area contributed by atoms with Gasteiger partial charge in [-0.05, 0) is 38.3 Å². The summed E-state index contributed by atoms with van der Waals surface area (Å²) in [4.78, 5) is 12.3. The Morgan fingerprint density at radius 1 is 1.33 bits per heavy atom. The maximum atomic E-state index is 12.3. The molecule has 5 nitrogen and oxygen atoms in total. The lowest BCUT2D eigenvalue weighted by Crippen LogP contribution is -2.43. The molecule has 1 amide bonds. The summed E-state index contributed by atoms with van der Waals surface area (Å²) in [6.45, 7) is 4.73. The first-order valence-corrected chi connectivity index (χ1v) is 8.95. The van der Waals surface area contributed by atoms with Crippen LogP contribution in [-0.2, 0) is 14.8 Å². The van der Waals surface area contributed by atoms with E-state index in [4.69, 9.17) is 0 Å². The van der Waals surface area contributed by atoms with E-state index < -0.39 is 10.0 Å². The van der Waals surface area contributed by atoms with Gasteiger partial charge in [0, 0.05) is 18.8 Å². The highest BCUT2D eigenvalue weighted by atomic mass is 32.2. The Labute approximate surface area is 126 Å². The molecule has 1 saturated heterocycles. The van der Waals surface area contributed by atoms with E-state index in [0.29, 0.717) is 6.54 Å². The molecule has 1 atom stereocenters. The molecule has 1 aliphatic rings. The molecule has 116 valence electrons. The lowest BCUT2D eigenvalue weighted by molar-refractivity contribution is -0.120.